The van der Waals surface area contributed by atoms with Crippen molar-refractivity contribution in [3.05, 3.63) is 30.1 Å². The van der Waals surface area contributed by atoms with Crippen molar-refractivity contribution in [3.8, 4) is 5.69 Å². The molecule has 9 heteroatoms. The first kappa shape index (κ1) is 15.9. The number of urea groups is 1. The molecule has 1 aromatic carbocycles. The molecule has 0 bridgehead atoms. The van der Waals surface area contributed by atoms with E-state index in [2.05, 4.69) is 20.8 Å². The molecule has 126 valence electrons. The zero-order valence-electron chi connectivity index (χ0n) is 13.4. The molecular weight excluding hydrogens is 312 g/mol. The van der Waals surface area contributed by atoms with Crippen molar-refractivity contribution in [1.29, 1.82) is 0 Å². The molecule has 1 aromatic heterocycles. The zero-order valence-corrected chi connectivity index (χ0v) is 13.4. The molecule has 2 aromatic rings. The van der Waals surface area contributed by atoms with Crippen LogP contribution in [0.1, 0.15) is 18.9 Å². The van der Waals surface area contributed by atoms with Crippen LogP contribution >= 0.6 is 0 Å². The highest BCUT2D eigenvalue weighted by Gasteiger charge is 2.42. The summed E-state index contributed by atoms with van der Waals surface area (Å²) in [5.74, 6) is -0.880. The second kappa shape index (κ2) is 5.91. The second-order valence-electron chi connectivity index (χ2n) is 6.22. The van der Waals surface area contributed by atoms with Gasteiger partial charge in [-0.05, 0) is 48.4 Å². The molecule has 0 saturated carbocycles. The fourth-order valence-electron chi connectivity index (χ4n) is 2.67. The summed E-state index contributed by atoms with van der Waals surface area (Å²) >= 11 is 0. The van der Waals surface area contributed by atoms with Crippen LogP contribution in [0.3, 0.4) is 0 Å². The van der Waals surface area contributed by atoms with Gasteiger partial charge in [0.05, 0.1) is 11.1 Å². The third kappa shape index (κ3) is 2.92. The summed E-state index contributed by atoms with van der Waals surface area (Å²) in [6, 6.07) is 5.17. The molecule has 3 rings (SSSR count). The molecule has 1 aliphatic rings. The molecule has 2 heterocycles. The Morgan fingerprint density at radius 1 is 1.38 bits per heavy atom. The molecule has 0 spiro atoms. The number of carbonyl (C=O) groups is 2. The van der Waals surface area contributed by atoms with Crippen molar-refractivity contribution in [2.45, 2.75) is 20.3 Å². The molecule has 1 fully saturated rings. The Kier molecular flexibility index (Phi) is 3.92. The van der Waals surface area contributed by atoms with Crippen LogP contribution in [0, 0.1) is 12.3 Å². The number of nitrogens with one attached hydrogen (secondary N) is 1. The van der Waals surface area contributed by atoms with Crippen LogP contribution in [0.2, 0.25) is 0 Å². The van der Waals surface area contributed by atoms with Gasteiger partial charge in [0.2, 0.25) is 0 Å². The first-order valence-corrected chi connectivity index (χ1v) is 7.52. The summed E-state index contributed by atoms with van der Waals surface area (Å²) in [6.07, 6.45) is 1.91. The Morgan fingerprint density at radius 3 is 2.79 bits per heavy atom. The van der Waals surface area contributed by atoms with Crippen molar-refractivity contribution in [2.75, 3.05) is 18.4 Å². The Balaban J connectivity index is 1.75. The fourth-order valence-corrected chi connectivity index (χ4v) is 2.67. The number of likely N-dealkylation sites (tertiary alicyclic amines) is 1. The van der Waals surface area contributed by atoms with Gasteiger partial charge in [-0.15, -0.1) is 5.10 Å². The maximum absolute atomic E-state index is 12.4. The third-order valence-corrected chi connectivity index (χ3v) is 4.35. The van der Waals surface area contributed by atoms with E-state index in [1.54, 1.807) is 13.0 Å². The molecule has 1 unspecified atom stereocenters. The number of benzene rings is 1. The van der Waals surface area contributed by atoms with E-state index < -0.39 is 11.4 Å². The average Bonchev–Trinajstić information content (AvgIpc) is 3.20. The van der Waals surface area contributed by atoms with E-state index in [9.17, 15) is 14.7 Å². The van der Waals surface area contributed by atoms with Gasteiger partial charge in [0.25, 0.3) is 0 Å². The molecule has 1 saturated heterocycles. The summed E-state index contributed by atoms with van der Waals surface area (Å²) < 4.78 is 1.49. The van der Waals surface area contributed by atoms with Crippen LogP contribution in [0.15, 0.2) is 24.5 Å². The van der Waals surface area contributed by atoms with Crippen molar-refractivity contribution in [1.82, 2.24) is 25.1 Å². The van der Waals surface area contributed by atoms with Gasteiger partial charge in [0, 0.05) is 18.8 Å². The first-order valence-electron chi connectivity index (χ1n) is 7.52. The Labute approximate surface area is 138 Å². The predicted octanol–water partition coefficient (Wildman–Crippen LogP) is 1.30. The van der Waals surface area contributed by atoms with Crippen LogP contribution in [-0.2, 0) is 4.79 Å². The lowest BCUT2D eigenvalue weighted by atomic mass is 9.90. The number of rotatable bonds is 3. The zero-order chi connectivity index (χ0) is 17.3. The smallest absolute Gasteiger partial charge is 0.321 e. The number of carbonyl (C=O) groups excluding carboxylic acids is 1. The predicted molar refractivity (Wildman–Crippen MR) is 84.8 cm³/mol. The second-order valence-corrected chi connectivity index (χ2v) is 6.22. The van der Waals surface area contributed by atoms with E-state index >= 15 is 0 Å². The number of aryl methyl sites for hydroxylation is 1. The minimum absolute atomic E-state index is 0.194. The molecule has 0 radical (unpaired) electrons. The minimum atomic E-state index is -0.888. The number of hydrogen-bond donors (Lipinski definition) is 2. The lowest BCUT2D eigenvalue weighted by molar-refractivity contribution is -0.146. The summed E-state index contributed by atoms with van der Waals surface area (Å²) in [7, 11) is 0. The summed E-state index contributed by atoms with van der Waals surface area (Å²) in [6.45, 7) is 4.15. The molecule has 2 amide bonds. The Bertz CT molecular complexity index is 776. The van der Waals surface area contributed by atoms with E-state index in [4.69, 9.17) is 0 Å². The average molecular weight is 330 g/mol. The highest BCUT2D eigenvalue weighted by atomic mass is 16.4. The van der Waals surface area contributed by atoms with Crippen molar-refractivity contribution in [3.63, 3.8) is 0 Å². The third-order valence-electron chi connectivity index (χ3n) is 4.35. The minimum Gasteiger partial charge on any atom is -0.481 e. The van der Waals surface area contributed by atoms with Gasteiger partial charge >= 0.3 is 12.0 Å². The Hall–Kier alpha value is -2.97. The quantitative estimate of drug-likeness (QED) is 0.877. The maximum Gasteiger partial charge on any atom is 0.321 e. The molecule has 1 aliphatic heterocycles. The highest BCUT2D eigenvalue weighted by Crippen LogP contribution is 2.30. The van der Waals surface area contributed by atoms with Crippen LogP contribution in [-0.4, -0.2) is 55.3 Å². The lowest BCUT2D eigenvalue weighted by Crippen LogP contribution is -2.37. The van der Waals surface area contributed by atoms with Crippen LogP contribution in [0.25, 0.3) is 5.69 Å². The van der Waals surface area contributed by atoms with Crippen LogP contribution in [0.4, 0.5) is 10.5 Å². The van der Waals surface area contributed by atoms with Gasteiger partial charge in [-0.3, -0.25) is 4.79 Å². The first-order chi connectivity index (χ1) is 11.4. The van der Waals surface area contributed by atoms with E-state index in [1.807, 2.05) is 19.1 Å². The topological polar surface area (TPSA) is 113 Å². The number of nitrogens with zero attached hydrogens (tertiary/aromatic N) is 5. The van der Waals surface area contributed by atoms with Gasteiger partial charge < -0.3 is 15.3 Å². The van der Waals surface area contributed by atoms with Gasteiger partial charge in [-0.25, -0.2) is 9.48 Å². The number of tetrazole rings is 1. The molecule has 9 nitrogen and oxygen atoms in total. The van der Waals surface area contributed by atoms with E-state index in [1.165, 1.54) is 15.9 Å². The lowest BCUT2D eigenvalue weighted by Gasteiger charge is -2.21. The van der Waals surface area contributed by atoms with Crippen LogP contribution in [0.5, 0.6) is 0 Å². The molecule has 1 atom stereocenters. The number of carboxylic acids is 1. The number of anilines is 1. The van der Waals surface area contributed by atoms with E-state index in [0.717, 1.165) is 11.3 Å². The van der Waals surface area contributed by atoms with Gasteiger partial charge in [-0.1, -0.05) is 6.07 Å². The molecule has 2 N–H and O–H groups in total. The number of hydrogen-bond acceptors (Lipinski definition) is 5. The number of carboxylic acid groups (broad SMARTS) is 1. The number of aliphatic carboxylic acids is 1. The Morgan fingerprint density at radius 2 is 2.17 bits per heavy atom. The largest absolute Gasteiger partial charge is 0.481 e. The van der Waals surface area contributed by atoms with Gasteiger partial charge in [0.1, 0.15) is 6.33 Å². The molecular formula is C15H18N6O3. The fraction of sp³-hybridized carbons (Fsp3) is 0.400. The van der Waals surface area contributed by atoms with Crippen molar-refractivity contribution in [2.24, 2.45) is 5.41 Å². The van der Waals surface area contributed by atoms with Crippen LogP contribution < -0.4 is 5.32 Å². The SMILES string of the molecule is Cc1ccc(-n2cnnn2)cc1NC(=O)N1CCC(C)(C(=O)O)C1. The summed E-state index contributed by atoms with van der Waals surface area (Å²) in [5, 5.41) is 23.1. The highest BCUT2D eigenvalue weighted by molar-refractivity contribution is 5.91. The summed E-state index contributed by atoms with van der Waals surface area (Å²) in [5.41, 5.74) is 1.36. The maximum atomic E-state index is 12.4. The van der Waals surface area contributed by atoms with Gasteiger partial charge in [0.15, 0.2) is 0 Å². The number of amides is 2. The standard InChI is InChI=1S/C15H18N6O3/c1-10-3-4-11(21-9-16-18-19-21)7-12(10)17-14(24)20-6-5-15(2,8-20)13(22)23/h3-4,7,9H,5-6,8H2,1-2H3,(H,17,24)(H,22,23). The van der Waals surface area contributed by atoms with E-state index in [-0.39, 0.29) is 12.6 Å². The van der Waals surface area contributed by atoms with Gasteiger partial charge in [-0.2, -0.15) is 0 Å². The van der Waals surface area contributed by atoms with E-state index in [0.29, 0.717) is 18.7 Å². The van der Waals surface area contributed by atoms with Crippen molar-refractivity contribution >= 4 is 17.7 Å². The van der Waals surface area contributed by atoms with Crippen molar-refractivity contribution < 1.29 is 14.7 Å². The molecule has 24 heavy (non-hydrogen) atoms. The monoisotopic (exact) mass is 330 g/mol. The molecule has 0 aliphatic carbocycles. The summed E-state index contributed by atoms with van der Waals surface area (Å²) in [4.78, 5) is 25.3. The number of aromatic nitrogens is 4. The normalized spacial score (nSPS) is 20.2.